The normalized spacial score (nSPS) is 11.6. The van der Waals surface area contributed by atoms with Gasteiger partial charge in [0.05, 0.1) is 5.52 Å². The van der Waals surface area contributed by atoms with E-state index in [2.05, 4.69) is 21.6 Å². The van der Waals surface area contributed by atoms with E-state index >= 15 is 0 Å². The molecule has 0 spiro atoms. The van der Waals surface area contributed by atoms with Crippen LogP contribution in [0, 0.1) is 13.8 Å². The number of carbonyl (C=O) groups is 1. The predicted molar refractivity (Wildman–Crippen MR) is 75.6 cm³/mol. The minimum atomic E-state index is -1.05. The first kappa shape index (κ1) is 13.0. The molecule has 5 heteroatoms. The Balaban J connectivity index is 2.39. The van der Waals surface area contributed by atoms with Gasteiger partial charge in [0, 0.05) is 5.39 Å². The lowest BCUT2D eigenvalue weighted by Crippen LogP contribution is -2.10. The van der Waals surface area contributed by atoms with Gasteiger partial charge in [0.15, 0.2) is 0 Å². The lowest BCUT2D eigenvalue weighted by atomic mass is 10.1. The summed E-state index contributed by atoms with van der Waals surface area (Å²) in [5.74, 6) is -0.518. The van der Waals surface area contributed by atoms with Crippen molar-refractivity contribution < 1.29 is 9.90 Å². The van der Waals surface area contributed by atoms with Crippen molar-refractivity contribution >= 4 is 28.4 Å². The molecule has 1 aromatic heterocycles. The maximum atomic E-state index is 10.6. The molecule has 0 aliphatic carbocycles. The van der Waals surface area contributed by atoms with E-state index in [9.17, 15) is 4.79 Å². The Hall–Kier alpha value is -2.43. The van der Waals surface area contributed by atoms with Crippen LogP contribution in [-0.2, 0) is 4.79 Å². The van der Waals surface area contributed by atoms with E-state index < -0.39 is 5.97 Å². The van der Waals surface area contributed by atoms with Crippen LogP contribution in [0.5, 0.6) is 0 Å². The van der Waals surface area contributed by atoms with Crippen LogP contribution < -0.4 is 5.43 Å². The van der Waals surface area contributed by atoms with Crippen LogP contribution >= 0.6 is 0 Å². The second-order valence-electron chi connectivity index (χ2n) is 4.46. The molecule has 2 N–H and O–H groups in total. The molecule has 0 amide bonds. The van der Waals surface area contributed by atoms with Gasteiger partial charge in [0.1, 0.15) is 11.5 Å². The molecule has 19 heavy (non-hydrogen) atoms. The molecule has 98 valence electrons. The zero-order valence-corrected chi connectivity index (χ0v) is 11.1. The standard InChI is InChI=1S/C14H15N3O2/c1-8-4-5-12-11(6-8)9(2)7-13(15-12)17-16-10(3)14(18)19/h4-7H,1-3H3,(H,15,17)(H,18,19)/b16-10+. The zero-order chi connectivity index (χ0) is 14.0. The van der Waals surface area contributed by atoms with Gasteiger partial charge in [0.25, 0.3) is 0 Å². The summed E-state index contributed by atoms with van der Waals surface area (Å²) < 4.78 is 0. The van der Waals surface area contributed by atoms with Gasteiger partial charge < -0.3 is 5.11 Å². The summed E-state index contributed by atoms with van der Waals surface area (Å²) in [6.07, 6.45) is 0. The summed E-state index contributed by atoms with van der Waals surface area (Å²) in [5, 5.41) is 13.6. The maximum Gasteiger partial charge on any atom is 0.351 e. The van der Waals surface area contributed by atoms with Crippen molar-refractivity contribution in [2.45, 2.75) is 20.8 Å². The number of hydrogen-bond donors (Lipinski definition) is 2. The predicted octanol–water partition coefficient (Wildman–Crippen LogP) is 2.72. The molecule has 0 fully saturated rings. The lowest BCUT2D eigenvalue weighted by Gasteiger charge is -2.07. The van der Waals surface area contributed by atoms with Crippen molar-refractivity contribution in [2.24, 2.45) is 5.10 Å². The molecular weight excluding hydrogens is 242 g/mol. The molecule has 2 aromatic rings. The molecule has 0 radical (unpaired) electrons. The number of carboxylic acid groups (broad SMARTS) is 1. The van der Waals surface area contributed by atoms with E-state index in [0.717, 1.165) is 16.5 Å². The number of aryl methyl sites for hydroxylation is 2. The average molecular weight is 257 g/mol. The van der Waals surface area contributed by atoms with E-state index in [-0.39, 0.29) is 5.71 Å². The van der Waals surface area contributed by atoms with E-state index in [1.165, 1.54) is 12.5 Å². The van der Waals surface area contributed by atoms with Gasteiger partial charge in [0.2, 0.25) is 0 Å². The van der Waals surface area contributed by atoms with Gasteiger partial charge in [-0.3, -0.25) is 5.43 Å². The van der Waals surface area contributed by atoms with Crippen LogP contribution in [0.2, 0.25) is 0 Å². The van der Waals surface area contributed by atoms with Crippen LogP contribution in [0.4, 0.5) is 5.82 Å². The maximum absolute atomic E-state index is 10.6. The lowest BCUT2D eigenvalue weighted by molar-refractivity contribution is -0.129. The summed E-state index contributed by atoms with van der Waals surface area (Å²) in [5.41, 5.74) is 5.76. The van der Waals surface area contributed by atoms with Gasteiger partial charge >= 0.3 is 5.97 Å². The molecule has 0 bridgehead atoms. The number of nitrogens with one attached hydrogen (secondary N) is 1. The summed E-state index contributed by atoms with van der Waals surface area (Å²) in [6.45, 7) is 5.44. The number of aliphatic carboxylic acids is 1. The Labute approximate surface area is 111 Å². The minimum Gasteiger partial charge on any atom is -0.477 e. The summed E-state index contributed by atoms with van der Waals surface area (Å²) >= 11 is 0. The molecule has 0 unspecified atom stereocenters. The molecule has 0 atom stereocenters. The Morgan fingerprint density at radius 2 is 2.05 bits per heavy atom. The fourth-order valence-electron chi connectivity index (χ4n) is 1.75. The number of benzene rings is 1. The SMILES string of the molecule is C/C(=N\Nc1cc(C)c2cc(C)ccc2n1)C(=O)O. The van der Waals surface area contributed by atoms with Crippen LogP contribution in [0.3, 0.4) is 0 Å². The van der Waals surface area contributed by atoms with E-state index in [4.69, 9.17) is 5.11 Å². The number of fused-ring (bicyclic) bond motifs is 1. The molecule has 0 aliphatic rings. The number of anilines is 1. The highest BCUT2D eigenvalue weighted by atomic mass is 16.4. The van der Waals surface area contributed by atoms with Crippen molar-refractivity contribution in [1.29, 1.82) is 0 Å². The largest absolute Gasteiger partial charge is 0.477 e. The smallest absolute Gasteiger partial charge is 0.351 e. The molecule has 2 rings (SSSR count). The summed E-state index contributed by atoms with van der Waals surface area (Å²) in [6, 6.07) is 7.86. The van der Waals surface area contributed by atoms with Crippen molar-refractivity contribution in [3.8, 4) is 0 Å². The summed E-state index contributed by atoms with van der Waals surface area (Å²) in [7, 11) is 0. The number of hydrazone groups is 1. The molecule has 5 nitrogen and oxygen atoms in total. The Morgan fingerprint density at radius 1 is 1.32 bits per heavy atom. The number of carboxylic acids is 1. The van der Waals surface area contributed by atoms with Crippen molar-refractivity contribution in [3.05, 3.63) is 35.4 Å². The van der Waals surface area contributed by atoms with E-state index in [1.54, 1.807) is 0 Å². The zero-order valence-electron chi connectivity index (χ0n) is 11.1. The number of rotatable bonds is 3. The number of hydrogen-bond acceptors (Lipinski definition) is 4. The van der Waals surface area contributed by atoms with Crippen LogP contribution in [-0.4, -0.2) is 21.8 Å². The molecule has 1 aromatic carbocycles. The molecule has 0 aliphatic heterocycles. The van der Waals surface area contributed by atoms with Crippen LogP contribution in [0.1, 0.15) is 18.1 Å². The third-order valence-electron chi connectivity index (χ3n) is 2.82. The number of pyridine rings is 1. The number of aromatic nitrogens is 1. The Morgan fingerprint density at radius 3 is 2.74 bits per heavy atom. The molecular formula is C14H15N3O2. The molecule has 1 heterocycles. The second-order valence-corrected chi connectivity index (χ2v) is 4.46. The first-order valence-corrected chi connectivity index (χ1v) is 5.89. The topological polar surface area (TPSA) is 74.6 Å². The molecule has 0 saturated carbocycles. The van der Waals surface area contributed by atoms with Crippen molar-refractivity contribution in [2.75, 3.05) is 5.43 Å². The van der Waals surface area contributed by atoms with Crippen molar-refractivity contribution in [3.63, 3.8) is 0 Å². The van der Waals surface area contributed by atoms with Gasteiger partial charge in [-0.1, -0.05) is 11.6 Å². The monoisotopic (exact) mass is 257 g/mol. The molecule has 0 saturated heterocycles. The second kappa shape index (κ2) is 5.06. The van der Waals surface area contributed by atoms with Crippen molar-refractivity contribution in [1.82, 2.24) is 4.98 Å². The Kier molecular flexibility index (Phi) is 3.46. The average Bonchev–Trinajstić information content (AvgIpc) is 2.36. The van der Waals surface area contributed by atoms with Gasteiger partial charge in [-0.15, -0.1) is 0 Å². The quantitative estimate of drug-likeness (QED) is 0.655. The third-order valence-corrected chi connectivity index (χ3v) is 2.82. The fraction of sp³-hybridized carbons (Fsp3) is 0.214. The Bertz CT molecular complexity index is 678. The summed E-state index contributed by atoms with van der Waals surface area (Å²) in [4.78, 5) is 15.0. The van der Waals surface area contributed by atoms with Crippen LogP contribution in [0.25, 0.3) is 10.9 Å². The number of nitrogens with zero attached hydrogens (tertiary/aromatic N) is 2. The third kappa shape index (κ3) is 2.88. The highest BCUT2D eigenvalue weighted by molar-refractivity contribution is 6.34. The first-order valence-electron chi connectivity index (χ1n) is 5.89. The fourth-order valence-corrected chi connectivity index (χ4v) is 1.75. The highest BCUT2D eigenvalue weighted by Crippen LogP contribution is 2.21. The highest BCUT2D eigenvalue weighted by Gasteiger charge is 2.04. The van der Waals surface area contributed by atoms with Gasteiger partial charge in [-0.05, 0) is 44.5 Å². The van der Waals surface area contributed by atoms with E-state index in [1.807, 2.05) is 32.0 Å². The van der Waals surface area contributed by atoms with Crippen LogP contribution in [0.15, 0.2) is 29.4 Å². The van der Waals surface area contributed by atoms with E-state index in [0.29, 0.717) is 5.82 Å². The first-order chi connectivity index (χ1) is 8.97. The van der Waals surface area contributed by atoms with Gasteiger partial charge in [-0.25, -0.2) is 9.78 Å². The minimum absolute atomic E-state index is 0.0107. The van der Waals surface area contributed by atoms with Gasteiger partial charge in [-0.2, -0.15) is 5.10 Å².